The summed E-state index contributed by atoms with van der Waals surface area (Å²) in [7, 11) is 0. The first-order valence-corrected chi connectivity index (χ1v) is 6.54. The number of rotatable bonds is 1. The van der Waals surface area contributed by atoms with Crippen molar-refractivity contribution >= 4 is 22.8 Å². The normalized spacial score (nSPS) is 24.7. The maximum atomic E-state index is 5.81. The van der Waals surface area contributed by atoms with E-state index in [4.69, 9.17) is 10.2 Å². The van der Waals surface area contributed by atoms with Gasteiger partial charge in [0.05, 0.1) is 0 Å². The van der Waals surface area contributed by atoms with Crippen LogP contribution in [0.2, 0.25) is 0 Å². The van der Waals surface area contributed by atoms with Crippen molar-refractivity contribution in [3.05, 3.63) is 18.2 Å². The van der Waals surface area contributed by atoms with Gasteiger partial charge in [-0.25, -0.2) is 0 Å². The largest absolute Gasteiger partial charge is 0.423 e. The summed E-state index contributed by atoms with van der Waals surface area (Å²) in [6, 6.07) is 6.33. The second-order valence-electron chi connectivity index (χ2n) is 5.41. The smallest absolute Gasteiger partial charge is 0.298 e. The maximum Gasteiger partial charge on any atom is 0.298 e. The molecule has 1 aliphatic rings. The average Bonchev–Trinajstić information content (AvgIpc) is 2.75. The zero-order valence-corrected chi connectivity index (χ0v) is 10.9. The average molecular weight is 245 g/mol. The van der Waals surface area contributed by atoms with Crippen molar-refractivity contribution in [1.29, 1.82) is 0 Å². The molecule has 3 rings (SSSR count). The third-order valence-electron chi connectivity index (χ3n) is 4.01. The van der Waals surface area contributed by atoms with E-state index < -0.39 is 0 Å². The van der Waals surface area contributed by atoms with Crippen molar-refractivity contribution in [2.45, 2.75) is 20.3 Å². The van der Waals surface area contributed by atoms with Crippen LogP contribution in [0.4, 0.5) is 11.7 Å². The van der Waals surface area contributed by atoms with Crippen LogP contribution in [-0.4, -0.2) is 18.1 Å². The van der Waals surface area contributed by atoms with Gasteiger partial charge in [0.25, 0.3) is 6.01 Å². The molecular formula is C14H19N3O. The molecule has 1 saturated heterocycles. The van der Waals surface area contributed by atoms with E-state index in [-0.39, 0.29) is 0 Å². The van der Waals surface area contributed by atoms with Crippen molar-refractivity contribution in [1.82, 2.24) is 4.98 Å². The van der Waals surface area contributed by atoms with Gasteiger partial charge in [0, 0.05) is 24.8 Å². The Morgan fingerprint density at radius 3 is 2.94 bits per heavy atom. The minimum absolute atomic E-state index is 0.679. The minimum atomic E-state index is 0.679. The summed E-state index contributed by atoms with van der Waals surface area (Å²) in [5.41, 5.74) is 8.12. The predicted octanol–water partition coefficient (Wildman–Crippen LogP) is 2.89. The van der Waals surface area contributed by atoms with Crippen LogP contribution in [0.15, 0.2) is 22.6 Å². The lowest BCUT2D eigenvalue weighted by atomic mass is 9.89. The highest BCUT2D eigenvalue weighted by Gasteiger charge is 2.25. The Labute approximate surface area is 107 Å². The molecular weight excluding hydrogens is 226 g/mol. The maximum absolute atomic E-state index is 5.81. The summed E-state index contributed by atoms with van der Waals surface area (Å²) in [6.07, 6.45) is 1.20. The topological polar surface area (TPSA) is 55.3 Å². The number of nitrogen functional groups attached to an aromatic ring is 1. The molecule has 1 fully saturated rings. The molecule has 4 heteroatoms. The number of piperidine rings is 1. The van der Waals surface area contributed by atoms with Gasteiger partial charge in [0.2, 0.25) is 0 Å². The minimum Gasteiger partial charge on any atom is -0.423 e. The highest BCUT2D eigenvalue weighted by Crippen LogP contribution is 2.29. The van der Waals surface area contributed by atoms with E-state index in [0.29, 0.717) is 11.6 Å². The molecule has 1 aromatic carbocycles. The summed E-state index contributed by atoms with van der Waals surface area (Å²) in [5.74, 6) is 1.46. The van der Waals surface area contributed by atoms with Crippen LogP contribution >= 0.6 is 0 Å². The number of fused-ring (bicyclic) bond motifs is 1. The van der Waals surface area contributed by atoms with Gasteiger partial charge >= 0.3 is 0 Å². The molecule has 0 bridgehead atoms. The summed E-state index contributed by atoms with van der Waals surface area (Å²) in [4.78, 5) is 6.78. The van der Waals surface area contributed by atoms with Gasteiger partial charge in [-0.3, -0.25) is 0 Å². The summed E-state index contributed by atoms with van der Waals surface area (Å²) >= 11 is 0. The molecule has 4 nitrogen and oxygen atoms in total. The SMILES string of the molecule is CC1CCN(c2nc3ccc(N)cc3o2)CC1C. The summed E-state index contributed by atoms with van der Waals surface area (Å²) < 4.78 is 5.81. The molecule has 96 valence electrons. The summed E-state index contributed by atoms with van der Waals surface area (Å²) in [5, 5.41) is 0. The molecule has 2 aromatic rings. The number of oxazole rings is 1. The Kier molecular flexibility index (Phi) is 2.65. The number of aromatic nitrogens is 1. The van der Waals surface area contributed by atoms with Gasteiger partial charge in [-0.15, -0.1) is 0 Å². The highest BCUT2D eigenvalue weighted by molar-refractivity contribution is 5.78. The molecule has 0 amide bonds. The number of nitrogens with two attached hydrogens (primary N) is 1. The van der Waals surface area contributed by atoms with E-state index >= 15 is 0 Å². The second-order valence-corrected chi connectivity index (χ2v) is 5.41. The number of benzene rings is 1. The Morgan fingerprint density at radius 1 is 1.33 bits per heavy atom. The van der Waals surface area contributed by atoms with E-state index in [2.05, 4.69) is 23.7 Å². The fraction of sp³-hybridized carbons (Fsp3) is 0.500. The van der Waals surface area contributed by atoms with Gasteiger partial charge in [-0.1, -0.05) is 13.8 Å². The zero-order valence-electron chi connectivity index (χ0n) is 10.9. The van der Waals surface area contributed by atoms with E-state index in [0.717, 1.165) is 36.1 Å². The van der Waals surface area contributed by atoms with Crippen LogP contribution in [0.5, 0.6) is 0 Å². The molecule has 2 heterocycles. The zero-order chi connectivity index (χ0) is 12.7. The molecule has 0 saturated carbocycles. The number of anilines is 2. The van der Waals surface area contributed by atoms with E-state index in [1.54, 1.807) is 0 Å². The van der Waals surface area contributed by atoms with Crippen LogP contribution in [0.3, 0.4) is 0 Å². The summed E-state index contributed by atoms with van der Waals surface area (Å²) in [6.45, 7) is 6.64. The molecule has 2 unspecified atom stereocenters. The van der Waals surface area contributed by atoms with Crippen LogP contribution < -0.4 is 10.6 Å². The first-order chi connectivity index (χ1) is 8.63. The standard InChI is InChI=1S/C14H19N3O/c1-9-5-6-17(8-10(9)2)14-16-12-4-3-11(15)7-13(12)18-14/h3-4,7,9-10H,5-6,8,15H2,1-2H3. The Balaban J connectivity index is 1.90. The highest BCUT2D eigenvalue weighted by atomic mass is 16.4. The van der Waals surface area contributed by atoms with Crippen molar-refractivity contribution in [3.8, 4) is 0 Å². The van der Waals surface area contributed by atoms with Gasteiger partial charge in [-0.05, 0) is 30.4 Å². The molecule has 0 radical (unpaired) electrons. The third-order valence-corrected chi connectivity index (χ3v) is 4.01. The van der Waals surface area contributed by atoms with Crippen LogP contribution in [-0.2, 0) is 0 Å². The number of hydrogen-bond donors (Lipinski definition) is 1. The molecule has 0 spiro atoms. The second kappa shape index (κ2) is 4.19. The molecule has 0 aliphatic carbocycles. The quantitative estimate of drug-likeness (QED) is 0.785. The van der Waals surface area contributed by atoms with Crippen molar-refractivity contribution in [2.24, 2.45) is 11.8 Å². The van der Waals surface area contributed by atoms with E-state index in [1.165, 1.54) is 6.42 Å². The molecule has 2 N–H and O–H groups in total. The number of nitrogens with zero attached hydrogens (tertiary/aromatic N) is 2. The lowest BCUT2D eigenvalue weighted by molar-refractivity contribution is 0.314. The molecule has 1 aromatic heterocycles. The van der Waals surface area contributed by atoms with Crippen LogP contribution in [0.25, 0.3) is 11.1 Å². The lowest BCUT2D eigenvalue weighted by Gasteiger charge is -2.34. The third kappa shape index (κ3) is 1.92. The van der Waals surface area contributed by atoms with Gasteiger partial charge in [-0.2, -0.15) is 4.98 Å². The van der Waals surface area contributed by atoms with E-state index in [9.17, 15) is 0 Å². The van der Waals surface area contributed by atoms with Gasteiger partial charge < -0.3 is 15.1 Å². The van der Waals surface area contributed by atoms with Gasteiger partial charge in [0.15, 0.2) is 5.58 Å². The lowest BCUT2D eigenvalue weighted by Crippen LogP contribution is -2.38. The fourth-order valence-electron chi connectivity index (χ4n) is 2.50. The Bertz CT molecular complexity index is 563. The Morgan fingerprint density at radius 2 is 2.17 bits per heavy atom. The molecule has 1 aliphatic heterocycles. The van der Waals surface area contributed by atoms with Gasteiger partial charge in [0.1, 0.15) is 5.52 Å². The van der Waals surface area contributed by atoms with Crippen LogP contribution in [0, 0.1) is 11.8 Å². The molecule has 18 heavy (non-hydrogen) atoms. The Hall–Kier alpha value is -1.71. The predicted molar refractivity (Wildman–Crippen MR) is 73.6 cm³/mol. The first-order valence-electron chi connectivity index (χ1n) is 6.54. The van der Waals surface area contributed by atoms with Crippen molar-refractivity contribution in [2.75, 3.05) is 23.7 Å². The van der Waals surface area contributed by atoms with Crippen molar-refractivity contribution < 1.29 is 4.42 Å². The van der Waals surface area contributed by atoms with Crippen molar-refractivity contribution in [3.63, 3.8) is 0 Å². The molecule has 2 atom stereocenters. The van der Waals surface area contributed by atoms with E-state index in [1.807, 2.05) is 18.2 Å². The van der Waals surface area contributed by atoms with Crippen LogP contribution in [0.1, 0.15) is 20.3 Å². The monoisotopic (exact) mass is 245 g/mol. The number of hydrogen-bond acceptors (Lipinski definition) is 4. The fourth-order valence-corrected chi connectivity index (χ4v) is 2.50. The first kappa shape index (κ1) is 11.4.